The second-order valence-corrected chi connectivity index (χ2v) is 11.1. The molecule has 0 saturated heterocycles. The van der Waals surface area contributed by atoms with Crippen LogP contribution < -0.4 is 5.32 Å². The van der Waals surface area contributed by atoms with Crippen LogP contribution >= 0.6 is 0 Å². The molecule has 6 heteroatoms. The van der Waals surface area contributed by atoms with E-state index in [1.54, 1.807) is 6.20 Å². The molecule has 0 unspecified atom stereocenters. The summed E-state index contributed by atoms with van der Waals surface area (Å²) in [4.78, 5) is 12.9. The van der Waals surface area contributed by atoms with Gasteiger partial charge in [-0.1, -0.05) is 61.5 Å². The summed E-state index contributed by atoms with van der Waals surface area (Å²) in [5.74, 6) is 1.85. The quantitative estimate of drug-likeness (QED) is 0.244. The molecule has 0 radical (unpaired) electrons. The Hall–Kier alpha value is -4.06. The van der Waals surface area contributed by atoms with Crippen LogP contribution in [-0.4, -0.2) is 21.0 Å². The van der Waals surface area contributed by atoms with Crippen molar-refractivity contribution in [1.29, 1.82) is 0 Å². The lowest BCUT2D eigenvalue weighted by atomic mass is 9.62. The molecule has 2 bridgehead atoms. The molecule has 2 atom stereocenters. The van der Waals surface area contributed by atoms with E-state index in [1.165, 1.54) is 31.7 Å². The Morgan fingerprint density at radius 1 is 0.795 bits per heavy atom. The van der Waals surface area contributed by atoms with Gasteiger partial charge in [0.05, 0.1) is 11.2 Å². The standard InChI is InChI=1S/C33H30F2N4/c1-19-20-11-13-22(14-12-20)31(19)38-30-17-29(25-10-6-5-9-24(25)21-7-3-2-4-8-21)37-33(39-30)27-18-36-32-26(27)15-23(34)16-28(32)35/h2-10,15-20,22,31,36H,11-14H2,1H3,(H,37,38,39)/t19-,20?,22?,31+/m0/s1. The van der Waals surface area contributed by atoms with Crippen LogP contribution in [0.5, 0.6) is 0 Å². The number of anilines is 1. The van der Waals surface area contributed by atoms with Gasteiger partial charge in [0, 0.05) is 40.9 Å². The maximum absolute atomic E-state index is 14.6. The number of rotatable bonds is 5. The van der Waals surface area contributed by atoms with E-state index in [2.05, 4.69) is 41.5 Å². The van der Waals surface area contributed by atoms with Crippen LogP contribution in [0, 0.1) is 29.4 Å². The molecule has 5 aromatic rings. The molecule has 3 saturated carbocycles. The van der Waals surface area contributed by atoms with Gasteiger partial charge < -0.3 is 10.3 Å². The van der Waals surface area contributed by atoms with E-state index in [-0.39, 0.29) is 5.52 Å². The molecule has 0 aliphatic heterocycles. The number of hydrogen-bond donors (Lipinski definition) is 2. The monoisotopic (exact) mass is 520 g/mol. The average Bonchev–Trinajstić information content (AvgIpc) is 3.40. The number of H-pyrrole nitrogens is 1. The second kappa shape index (κ2) is 9.60. The average molecular weight is 521 g/mol. The molecule has 3 aromatic carbocycles. The van der Waals surface area contributed by atoms with Gasteiger partial charge in [0.25, 0.3) is 0 Å². The Kier molecular flexibility index (Phi) is 5.91. The Balaban J connectivity index is 1.39. The van der Waals surface area contributed by atoms with E-state index < -0.39 is 11.6 Å². The normalized spacial score (nSPS) is 22.3. The Bertz CT molecular complexity index is 1650. The SMILES string of the molecule is C[C@H]1C2CCC(CC2)[C@@H]1Nc1cc(-c2ccccc2-c2ccccc2)nc(-c2c[nH]c3c(F)cc(F)cc23)n1. The van der Waals surface area contributed by atoms with Crippen molar-refractivity contribution in [2.45, 2.75) is 38.6 Å². The van der Waals surface area contributed by atoms with E-state index in [1.807, 2.05) is 36.4 Å². The molecular weight excluding hydrogens is 490 g/mol. The molecule has 2 aromatic heterocycles. The molecule has 0 spiro atoms. The van der Waals surface area contributed by atoms with E-state index in [9.17, 15) is 8.78 Å². The summed E-state index contributed by atoms with van der Waals surface area (Å²) in [5, 5.41) is 4.22. The van der Waals surface area contributed by atoms with Gasteiger partial charge in [0.15, 0.2) is 5.82 Å². The third-order valence-corrected chi connectivity index (χ3v) is 8.91. The second-order valence-electron chi connectivity index (χ2n) is 11.1. The van der Waals surface area contributed by atoms with Gasteiger partial charge in [0.2, 0.25) is 0 Å². The van der Waals surface area contributed by atoms with Crippen LogP contribution in [0.15, 0.2) is 79.0 Å². The van der Waals surface area contributed by atoms with Gasteiger partial charge in [-0.05, 0) is 60.6 Å². The fraction of sp³-hybridized carbons (Fsp3) is 0.273. The number of hydrogen-bond acceptors (Lipinski definition) is 3. The summed E-state index contributed by atoms with van der Waals surface area (Å²) < 4.78 is 28.8. The summed E-state index contributed by atoms with van der Waals surface area (Å²) in [6.07, 6.45) is 6.78. The molecule has 3 fully saturated rings. The van der Waals surface area contributed by atoms with Gasteiger partial charge in [-0.3, -0.25) is 0 Å². The van der Waals surface area contributed by atoms with Crippen molar-refractivity contribution in [2.24, 2.45) is 17.8 Å². The highest BCUT2D eigenvalue weighted by molar-refractivity contribution is 5.95. The van der Waals surface area contributed by atoms with Crippen molar-refractivity contribution in [3.63, 3.8) is 0 Å². The predicted octanol–water partition coefficient (Wildman–Crippen LogP) is 8.47. The third-order valence-electron chi connectivity index (χ3n) is 8.91. The van der Waals surface area contributed by atoms with Crippen molar-refractivity contribution >= 4 is 16.7 Å². The molecule has 2 N–H and O–H groups in total. The van der Waals surface area contributed by atoms with Crippen LogP contribution in [0.3, 0.4) is 0 Å². The van der Waals surface area contributed by atoms with Crippen molar-refractivity contribution in [2.75, 3.05) is 5.32 Å². The molecule has 2 heterocycles. The lowest BCUT2D eigenvalue weighted by Gasteiger charge is -2.47. The summed E-state index contributed by atoms with van der Waals surface area (Å²) in [6.45, 7) is 2.35. The predicted molar refractivity (Wildman–Crippen MR) is 152 cm³/mol. The van der Waals surface area contributed by atoms with Crippen molar-refractivity contribution in [1.82, 2.24) is 15.0 Å². The third kappa shape index (κ3) is 4.28. The number of benzene rings is 3. The summed E-state index contributed by atoms with van der Waals surface area (Å²) in [7, 11) is 0. The Morgan fingerprint density at radius 3 is 2.28 bits per heavy atom. The number of halogens is 2. The lowest BCUT2D eigenvalue weighted by Crippen LogP contribution is -2.47. The number of aromatic amines is 1. The highest BCUT2D eigenvalue weighted by Gasteiger charge is 2.41. The van der Waals surface area contributed by atoms with Crippen LogP contribution in [0.25, 0.3) is 44.7 Å². The zero-order valence-corrected chi connectivity index (χ0v) is 21.8. The minimum absolute atomic E-state index is 0.248. The van der Waals surface area contributed by atoms with E-state index >= 15 is 0 Å². The lowest BCUT2D eigenvalue weighted by molar-refractivity contribution is 0.0928. The highest BCUT2D eigenvalue weighted by atomic mass is 19.1. The van der Waals surface area contributed by atoms with E-state index in [4.69, 9.17) is 9.97 Å². The maximum atomic E-state index is 14.6. The van der Waals surface area contributed by atoms with Crippen molar-refractivity contribution in [3.8, 4) is 33.8 Å². The summed E-state index contributed by atoms with van der Waals surface area (Å²) in [5.41, 5.74) is 4.72. The first kappa shape index (κ1) is 24.0. The number of nitrogens with one attached hydrogen (secondary N) is 2. The van der Waals surface area contributed by atoms with Gasteiger partial charge in [-0.2, -0.15) is 0 Å². The first-order valence-electron chi connectivity index (χ1n) is 13.8. The summed E-state index contributed by atoms with van der Waals surface area (Å²) in [6, 6.07) is 23.0. The zero-order chi connectivity index (χ0) is 26.5. The topological polar surface area (TPSA) is 53.6 Å². The molecule has 39 heavy (non-hydrogen) atoms. The number of fused-ring (bicyclic) bond motifs is 4. The van der Waals surface area contributed by atoms with Gasteiger partial charge in [-0.15, -0.1) is 0 Å². The molecular formula is C33H30F2N4. The molecule has 8 rings (SSSR count). The fourth-order valence-electron chi connectivity index (χ4n) is 6.87. The first-order chi connectivity index (χ1) is 19.0. The minimum Gasteiger partial charge on any atom is -0.367 e. The van der Waals surface area contributed by atoms with Crippen molar-refractivity contribution in [3.05, 3.63) is 90.6 Å². The number of aromatic nitrogens is 3. The van der Waals surface area contributed by atoms with Gasteiger partial charge in [0.1, 0.15) is 17.5 Å². The van der Waals surface area contributed by atoms with Crippen molar-refractivity contribution < 1.29 is 8.78 Å². The van der Waals surface area contributed by atoms with Crippen LogP contribution in [0.2, 0.25) is 0 Å². The van der Waals surface area contributed by atoms with Gasteiger partial charge >= 0.3 is 0 Å². The van der Waals surface area contributed by atoms with E-state index in [0.29, 0.717) is 34.7 Å². The molecule has 0 amide bonds. The largest absolute Gasteiger partial charge is 0.367 e. The smallest absolute Gasteiger partial charge is 0.164 e. The number of nitrogens with zero attached hydrogens (tertiary/aromatic N) is 2. The van der Waals surface area contributed by atoms with Crippen LogP contribution in [0.4, 0.5) is 14.6 Å². The molecule has 4 nitrogen and oxygen atoms in total. The first-order valence-corrected chi connectivity index (χ1v) is 13.8. The zero-order valence-electron chi connectivity index (χ0n) is 21.8. The Morgan fingerprint density at radius 2 is 1.51 bits per heavy atom. The maximum Gasteiger partial charge on any atom is 0.164 e. The fourth-order valence-corrected chi connectivity index (χ4v) is 6.87. The van der Waals surface area contributed by atoms with Crippen LogP contribution in [-0.2, 0) is 0 Å². The van der Waals surface area contributed by atoms with E-state index in [0.717, 1.165) is 40.2 Å². The molecule has 196 valence electrons. The highest BCUT2D eigenvalue weighted by Crippen LogP contribution is 2.46. The van der Waals surface area contributed by atoms with Crippen LogP contribution in [0.1, 0.15) is 32.6 Å². The minimum atomic E-state index is -0.632. The van der Waals surface area contributed by atoms with Gasteiger partial charge in [-0.25, -0.2) is 18.7 Å². The molecule has 3 aliphatic carbocycles. The summed E-state index contributed by atoms with van der Waals surface area (Å²) >= 11 is 0. The Labute approximate surface area is 226 Å². The molecule has 3 aliphatic rings.